The van der Waals surface area contributed by atoms with E-state index in [1.165, 1.54) is 0 Å². The number of aromatic nitrogens is 6. The highest BCUT2D eigenvalue weighted by molar-refractivity contribution is 5.76. The van der Waals surface area contributed by atoms with E-state index in [0.29, 0.717) is 36.2 Å². The van der Waals surface area contributed by atoms with Gasteiger partial charge in [-0.3, -0.25) is 4.68 Å². The van der Waals surface area contributed by atoms with Crippen molar-refractivity contribution < 1.29 is 5.11 Å². The van der Waals surface area contributed by atoms with Crippen LogP contribution in [0.4, 0.5) is 17.3 Å². The van der Waals surface area contributed by atoms with Gasteiger partial charge in [0, 0.05) is 30.8 Å². The van der Waals surface area contributed by atoms with E-state index in [1.807, 2.05) is 53.8 Å². The van der Waals surface area contributed by atoms with Gasteiger partial charge in [0.05, 0.1) is 65.9 Å². The first-order valence-electron chi connectivity index (χ1n) is 12.8. The van der Waals surface area contributed by atoms with Crippen LogP contribution in [0.5, 0.6) is 0 Å². The van der Waals surface area contributed by atoms with Gasteiger partial charge >= 0.3 is 0 Å². The SMILES string of the molecule is CC(C)CCc1c(Nc2nccc(-c3cc(C#N)c4c(c3)[C@@](C)(CO)CN4)n2)cnn1Cc1cncn1C. The van der Waals surface area contributed by atoms with E-state index in [4.69, 9.17) is 4.98 Å². The Morgan fingerprint density at radius 2 is 2.13 bits per heavy atom. The Balaban J connectivity index is 1.47. The lowest BCUT2D eigenvalue weighted by atomic mass is 9.83. The Morgan fingerprint density at radius 3 is 2.84 bits per heavy atom. The summed E-state index contributed by atoms with van der Waals surface area (Å²) in [6.07, 6.45) is 9.07. The van der Waals surface area contributed by atoms with E-state index in [0.717, 1.165) is 46.7 Å². The smallest absolute Gasteiger partial charge is 0.227 e. The minimum absolute atomic E-state index is 0.0140. The predicted molar refractivity (Wildman–Crippen MR) is 146 cm³/mol. The number of nitrogens with zero attached hydrogens (tertiary/aromatic N) is 7. The molecule has 1 aliphatic heterocycles. The number of hydrogen-bond acceptors (Lipinski definition) is 8. The molecule has 0 bridgehead atoms. The molecule has 1 aliphatic rings. The first-order chi connectivity index (χ1) is 18.3. The number of hydrogen-bond donors (Lipinski definition) is 3. The zero-order chi connectivity index (χ0) is 26.9. The highest BCUT2D eigenvalue weighted by atomic mass is 16.3. The zero-order valence-corrected chi connectivity index (χ0v) is 22.2. The van der Waals surface area contributed by atoms with Gasteiger partial charge in [-0.1, -0.05) is 20.8 Å². The lowest BCUT2D eigenvalue weighted by molar-refractivity contribution is 0.219. The monoisotopic (exact) mass is 511 g/mol. The summed E-state index contributed by atoms with van der Waals surface area (Å²) in [5.74, 6) is 1.01. The third-order valence-electron chi connectivity index (χ3n) is 7.25. The molecular weight excluding hydrogens is 478 g/mol. The summed E-state index contributed by atoms with van der Waals surface area (Å²) in [6, 6.07) is 7.97. The summed E-state index contributed by atoms with van der Waals surface area (Å²) in [7, 11) is 1.98. The van der Waals surface area contributed by atoms with E-state index in [2.05, 4.69) is 45.6 Å². The third kappa shape index (κ3) is 4.85. The number of imidazole rings is 1. The van der Waals surface area contributed by atoms with Gasteiger partial charge in [0.25, 0.3) is 0 Å². The summed E-state index contributed by atoms with van der Waals surface area (Å²) in [5.41, 5.74) is 6.31. The van der Waals surface area contributed by atoms with Crippen molar-refractivity contribution in [2.75, 3.05) is 23.8 Å². The average Bonchev–Trinajstić information content (AvgIpc) is 3.60. The van der Waals surface area contributed by atoms with Crippen LogP contribution in [0.15, 0.2) is 43.1 Å². The number of benzene rings is 1. The van der Waals surface area contributed by atoms with Crippen LogP contribution in [-0.2, 0) is 25.4 Å². The number of nitrogens with one attached hydrogen (secondary N) is 2. The molecule has 0 radical (unpaired) electrons. The molecule has 3 N–H and O–H groups in total. The van der Waals surface area contributed by atoms with Crippen LogP contribution >= 0.6 is 0 Å². The van der Waals surface area contributed by atoms with Crippen molar-refractivity contribution in [3.63, 3.8) is 0 Å². The van der Waals surface area contributed by atoms with Crippen molar-refractivity contribution >= 4 is 17.3 Å². The van der Waals surface area contributed by atoms with Gasteiger partial charge < -0.3 is 20.3 Å². The Morgan fingerprint density at radius 1 is 1.29 bits per heavy atom. The van der Waals surface area contributed by atoms with Crippen LogP contribution in [0.2, 0.25) is 0 Å². The zero-order valence-electron chi connectivity index (χ0n) is 22.2. The molecule has 5 rings (SSSR count). The average molecular weight is 512 g/mol. The fourth-order valence-electron chi connectivity index (χ4n) is 4.80. The molecule has 0 unspecified atom stereocenters. The maximum Gasteiger partial charge on any atom is 0.227 e. The number of anilines is 3. The number of fused-ring (bicyclic) bond motifs is 1. The van der Waals surface area contributed by atoms with Crippen LogP contribution in [0.25, 0.3) is 11.3 Å². The fourth-order valence-corrected chi connectivity index (χ4v) is 4.80. The molecule has 4 aromatic rings. The van der Waals surface area contributed by atoms with Crippen LogP contribution in [0.3, 0.4) is 0 Å². The molecule has 10 nitrogen and oxygen atoms in total. The Labute approximate surface area is 222 Å². The Hall–Kier alpha value is -4.23. The summed E-state index contributed by atoms with van der Waals surface area (Å²) >= 11 is 0. The Kier molecular flexibility index (Phi) is 6.87. The van der Waals surface area contributed by atoms with E-state index < -0.39 is 5.41 Å². The molecular formula is C28H33N9O. The highest BCUT2D eigenvalue weighted by Crippen LogP contribution is 2.41. The number of aliphatic hydroxyl groups excluding tert-OH is 1. The summed E-state index contributed by atoms with van der Waals surface area (Å²) < 4.78 is 4.00. The molecule has 0 saturated carbocycles. The first kappa shape index (κ1) is 25.4. The second kappa shape index (κ2) is 10.3. The molecule has 196 valence electrons. The minimum Gasteiger partial charge on any atom is -0.395 e. The standard InChI is InChI=1S/C28H33N9O/c1-18(2)5-6-25-24(13-33-37(25)14-21-12-30-17-36(21)4)35-27-31-8-7-23(34-27)19-9-20(11-29)26-22(10-19)28(3,16-38)15-32-26/h7-10,12-13,17-18,32,38H,5-6,14-16H2,1-4H3,(H,31,34,35)/t28-/m1/s1. The lowest BCUT2D eigenvalue weighted by Crippen LogP contribution is -2.28. The fraction of sp³-hybridized carbons (Fsp3) is 0.393. The topological polar surface area (TPSA) is 130 Å². The molecule has 3 aromatic heterocycles. The maximum absolute atomic E-state index is 10.0. The molecule has 38 heavy (non-hydrogen) atoms. The molecule has 1 atom stereocenters. The van der Waals surface area contributed by atoms with Gasteiger partial charge in [0.1, 0.15) is 6.07 Å². The van der Waals surface area contributed by atoms with Crippen molar-refractivity contribution in [1.29, 1.82) is 5.26 Å². The van der Waals surface area contributed by atoms with Gasteiger partial charge in [-0.2, -0.15) is 10.4 Å². The van der Waals surface area contributed by atoms with E-state index in [9.17, 15) is 10.4 Å². The summed E-state index contributed by atoms with van der Waals surface area (Å²) in [5, 5.41) is 31.2. The third-order valence-corrected chi connectivity index (χ3v) is 7.25. The van der Waals surface area contributed by atoms with Crippen LogP contribution in [0.1, 0.15) is 49.7 Å². The molecule has 0 spiro atoms. The summed E-state index contributed by atoms with van der Waals surface area (Å²) in [4.78, 5) is 13.5. The quantitative estimate of drug-likeness (QED) is 0.307. The lowest BCUT2D eigenvalue weighted by Gasteiger charge is -2.21. The van der Waals surface area contributed by atoms with Gasteiger partial charge in [-0.15, -0.1) is 0 Å². The second-order valence-corrected chi connectivity index (χ2v) is 10.6. The van der Waals surface area contributed by atoms with Crippen LogP contribution in [-0.4, -0.2) is 47.6 Å². The van der Waals surface area contributed by atoms with E-state index in [-0.39, 0.29) is 6.61 Å². The Bertz CT molecular complexity index is 1500. The first-order valence-corrected chi connectivity index (χ1v) is 12.8. The highest BCUT2D eigenvalue weighted by Gasteiger charge is 2.36. The van der Waals surface area contributed by atoms with E-state index >= 15 is 0 Å². The largest absolute Gasteiger partial charge is 0.395 e. The summed E-state index contributed by atoms with van der Waals surface area (Å²) in [6.45, 7) is 7.60. The molecule has 0 fully saturated rings. The van der Waals surface area contributed by atoms with Gasteiger partial charge in [0.2, 0.25) is 5.95 Å². The second-order valence-electron chi connectivity index (χ2n) is 10.6. The molecule has 0 saturated heterocycles. The van der Waals surface area contributed by atoms with Gasteiger partial charge in [-0.25, -0.2) is 15.0 Å². The van der Waals surface area contributed by atoms with Crippen LogP contribution < -0.4 is 10.6 Å². The number of aryl methyl sites for hydroxylation is 1. The molecule has 0 amide bonds. The molecule has 0 aliphatic carbocycles. The number of nitriles is 1. The maximum atomic E-state index is 10.0. The normalized spacial score (nSPS) is 16.3. The van der Waals surface area contributed by atoms with Crippen molar-refractivity contribution in [3.8, 4) is 17.3 Å². The van der Waals surface area contributed by atoms with E-state index in [1.54, 1.807) is 12.5 Å². The molecule has 1 aromatic carbocycles. The van der Waals surface area contributed by atoms with Crippen molar-refractivity contribution in [3.05, 3.63) is 65.6 Å². The number of aliphatic hydroxyl groups is 1. The van der Waals surface area contributed by atoms with Crippen LogP contribution in [0, 0.1) is 17.2 Å². The van der Waals surface area contributed by atoms with Crippen molar-refractivity contribution in [2.45, 2.75) is 45.6 Å². The molecule has 10 heteroatoms. The minimum atomic E-state index is -0.460. The van der Waals surface area contributed by atoms with Gasteiger partial charge in [-0.05, 0) is 42.5 Å². The van der Waals surface area contributed by atoms with Crippen molar-refractivity contribution in [1.82, 2.24) is 29.3 Å². The predicted octanol–water partition coefficient (Wildman–Crippen LogP) is 4.00. The molecule has 4 heterocycles. The van der Waals surface area contributed by atoms with Crippen molar-refractivity contribution in [2.24, 2.45) is 13.0 Å². The number of rotatable bonds is 9. The van der Waals surface area contributed by atoms with Gasteiger partial charge in [0.15, 0.2) is 0 Å².